The van der Waals surface area contributed by atoms with Gasteiger partial charge in [0.05, 0.1) is 37.6 Å². The van der Waals surface area contributed by atoms with E-state index in [0.29, 0.717) is 28.5 Å². The minimum Gasteiger partial charge on any atom is -0.494 e. The van der Waals surface area contributed by atoms with Crippen LogP contribution in [-0.4, -0.2) is 62.6 Å². The Kier molecular flexibility index (Phi) is 7.31. The summed E-state index contributed by atoms with van der Waals surface area (Å²) in [7, 11) is -1.08. The van der Waals surface area contributed by atoms with Gasteiger partial charge in [-0.15, -0.1) is 10.2 Å². The highest BCUT2D eigenvalue weighted by Crippen LogP contribution is 2.36. The molecule has 4 heterocycles. The SMILES string of the molecule is COc1ccnc(OC)c1-n1c(NS(=O)(=O)[C@@H](C)[C@H](C)c2cnc(Cl)cn2)nnc1-c1cccnc1. The van der Waals surface area contributed by atoms with E-state index in [-0.39, 0.29) is 17.0 Å². The molecule has 1 N–H and O–H groups in total. The molecule has 14 heteroatoms. The van der Waals surface area contributed by atoms with Crippen molar-refractivity contribution in [3.63, 3.8) is 0 Å². The average Bonchev–Trinajstić information content (AvgIpc) is 3.30. The van der Waals surface area contributed by atoms with Crippen LogP contribution in [0.15, 0.2) is 49.2 Å². The van der Waals surface area contributed by atoms with Crippen molar-refractivity contribution in [2.45, 2.75) is 25.0 Å². The lowest BCUT2D eigenvalue weighted by atomic mass is 10.1. The molecule has 0 radical (unpaired) electrons. The third kappa shape index (κ3) is 4.93. The number of methoxy groups -OCH3 is 2. The van der Waals surface area contributed by atoms with Gasteiger partial charge in [0.2, 0.25) is 21.9 Å². The minimum absolute atomic E-state index is 0.0836. The van der Waals surface area contributed by atoms with E-state index in [0.717, 1.165) is 0 Å². The average molecular weight is 531 g/mol. The van der Waals surface area contributed by atoms with E-state index in [1.807, 2.05) is 0 Å². The largest absolute Gasteiger partial charge is 0.494 e. The molecule has 0 bridgehead atoms. The van der Waals surface area contributed by atoms with Gasteiger partial charge in [0, 0.05) is 36.1 Å². The van der Waals surface area contributed by atoms with Gasteiger partial charge in [-0.3, -0.25) is 19.3 Å². The summed E-state index contributed by atoms with van der Waals surface area (Å²) >= 11 is 5.82. The van der Waals surface area contributed by atoms with Crippen molar-refractivity contribution < 1.29 is 17.9 Å². The normalized spacial score (nSPS) is 13.1. The summed E-state index contributed by atoms with van der Waals surface area (Å²) in [5, 5.41) is 7.68. The number of rotatable bonds is 9. The molecule has 4 rings (SSSR count). The fourth-order valence-electron chi connectivity index (χ4n) is 3.47. The number of halogens is 1. The quantitative estimate of drug-likeness (QED) is 0.342. The highest BCUT2D eigenvalue weighted by atomic mass is 35.5. The molecule has 0 saturated carbocycles. The molecule has 0 saturated heterocycles. The van der Waals surface area contributed by atoms with Crippen LogP contribution in [0.4, 0.5) is 5.95 Å². The number of sulfonamides is 1. The van der Waals surface area contributed by atoms with Gasteiger partial charge in [-0.1, -0.05) is 18.5 Å². The number of nitrogens with one attached hydrogen (secondary N) is 1. The topological polar surface area (TPSA) is 147 Å². The van der Waals surface area contributed by atoms with E-state index in [1.54, 1.807) is 44.4 Å². The van der Waals surface area contributed by atoms with Crippen molar-refractivity contribution in [1.29, 1.82) is 0 Å². The summed E-state index contributed by atoms with van der Waals surface area (Å²) in [4.78, 5) is 16.6. The maximum atomic E-state index is 13.5. The molecule has 4 aromatic heterocycles. The smallest absolute Gasteiger partial charge is 0.243 e. The molecule has 36 heavy (non-hydrogen) atoms. The van der Waals surface area contributed by atoms with Crippen LogP contribution in [0.25, 0.3) is 17.1 Å². The van der Waals surface area contributed by atoms with Crippen LogP contribution in [0.2, 0.25) is 5.15 Å². The Bertz CT molecular complexity index is 1430. The molecule has 0 spiro atoms. The molecule has 0 aliphatic carbocycles. The van der Waals surface area contributed by atoms with Crippen LogP contribution in [0.3, 0.4) is 0 Å². The number of hydrogen-bond acceptors (Lipinski definition) is 10. The summed E-state index contributed by atoms with van der Waals surface area (Å²) < 4.78 is 41.9. The zero-order valence-corrected chi connectivity index (χ0v) is 21.4. The Morgan fingerprint density at radius 3 is 2.44 bits per heavy atom. The van der Waals surface area contributed by atoms with E-state index < -0.39 is 21.2 Å². The number of nitrogens with zero attached hydrogens (tertiary/aromatic N) is 7. The molecule has 188 valence electrons. The van der Waals surface area contributed by atoms with Crippen LogP contribution in [0.5, 0.6) is 11.6 Å². The van der Waals surface area contributed by atoms with Gasteiger partial charge in [-0.25, -0.2) is 18.4 Å². The predicted molar refractivity (Wildman–Crippen MR) is 133 cm³/mol. The summed E-state index contributed by atoms with van der Waals surface area (Å²) in [5.41, 5.74) is 1.37. The third-order valence-electron chi connectivity index (χ3n) is 5.61. The summed E-state index contributed by atoms with van der Waals surface area (Å²) in [6.07, 6.45) is 7.53. The molecular formula is C22H23ClN8O4S. The number of anilines is 1. The lowest BCUT2D eigenvalue weighted by Crippen LogP contribution is -2.31. The van der Waals surface area contributed by atoms with Gasteiger partial charge in [-0.2, -0.15) is 0 Å². The Balaban J connectivity index is 1.81. The van der Waals surface area contributed by atoms with Gasteiger partial charge >= 0.3 is 0 Å². The second kappa shape index (κ2) is 10.4. The molecule has 4 aromatic rings. The highest BCUT2D eigenvalue weighted by Gasteiger charge is 2.32. The Hall–Kier alpha value is -3.84. The summed E-state index contributed by atoms with van der Waals surface area (Å²) in [6, 6.07) is 5.12. The van der Waals surface area contributed by atoms with Crippen molar-refractivity contribution in [1.82, 2.24) is 34.7 Å². The molecule has 0 aromatic carbocycles. The maximum Gasteiger partial charge on any atom is 0.243 e. The van der Waals surface area contributed by atoms with Crippen LogP contribution in [-0.2, 0) is 10.0 Å². The van der Waals surface area contributed by atoms with Gasteiger partial charge in [-0.05, 0) is 19.1 Å². The van der Waals surface area contributed by atoms with Crippen LogP contribution in [0, 0.1) is 0 Å². The summed E-state index contributed by atoms with van der Waals surface area (Å²) in [6.45, 7) is 3.30. The second-order valence-electron chi connectivity index (χ2n) is 7.70. The Labute approximate surface area is 212 Å². The monoisotopic (exact) mass is 530 g/mol. The van der Waals surface area contributed by atoms with Gasteiger partial charge in [0.15, 0.2) is 11.5 Å². The first kappa shape index (κ1) is 25.3. The zero-order valence-electron chi connectivity index (χ0n) is 19.8. The number of pyridine rings is 2. The lowest BCUT2D eigenvalue weighted by Gasteiger charge is -2.21. The number of hydrogen-bond donors (Lipinski definition) is 1. The fourth-order valence-corrected chi connectivity index (χ4v) is 4.82. The maximum absolute atomic E-state index is 13.5. The number of ether oxygens (including phenoxy) is 2. The third-order valence-corrected chi connectivity index (χ3v) is 7.66. The van der Waals surface area contributed by atoms with E-state index in [2.05, 4.69) is 34.9 Å². The van der Waals surface area contributed by atoms with Crippen LogP contribution < -0.4 is 14.2 Å². The Morgan fingerprint density at radius 1 is 1.00 bits per heavy atom. The lowest BCUT2D eigenvalue weighted by molar-refractivity contribution is 0.379. The summed E-state index contributed by atoms with van der Waals surface area (Å²) in [5.74, 6) is 0.251. The van der Waals surface area contributed by atoms with Crippen molar-refractivity contribution in [2.24, 2.45) is 0 Å². The molecule has 0 aliphatic heterocycles. The minimum atomic E-state index is -4.00. The molecule has 0 amide bonds. The van der Waals surface area contributed by atoms with E-state index in [9.17, 15) is 8.42 Å². The van der Waals surface area contributed by atoms with E-state index in [1.165, 1.54) is 37.4 Å². The molecule has 0 fully saturated rings. The zero-order chi connectivity index (χ0) is 25.9. The first-order valence-electron chi connectivity index (χ1n) is 10.7. The second-order valence-corrected chi connectivity index (χ2v) is 10.1. The first-order chi connectivity index (χ1) is 17.3. The molecule has 0 aliphatic rings. The van der Waals surface area contributed by atoms with Crippen molar-refractivity contribution >= 4 is 27.6 Å². The first-order valence-corrected chi connectivity index (χ1v) is 12.6. The molecule has 12 nitrogen and oxygen atoms in total. The van der Waals surface area contributed by atoms with Crippen molar-refractivity contribution in [3.8, 4) is 28.7 Å². The van der Waals surface area contributed by atoms with Crippen LogP contribution >= 0.6 is 11.6 Å². The predicted octanol–water partition coefficient (Wildman–Crippen LogP) is 3.12. The van der Waals surface area contributed by atoms with Gasteiger partial charge < -0.3 is 9.47 Å². The van der Waals surface area contributed by atoms with E-state index in [4.69, 9.17) is 21.1 Å². The van der Waals surface area contributed by atoms with Gasteiger partial charge in [0.1, 0.15) is 10.9 Å². The van der Waals surface area contributed by atoms with Crippen molar-refractivity contribution in [2.75, 3.05) is 18.9 Å². The Morgan fingerprint density at radius 2 is 1.81 bits per heavy atom. The standard InChI is InChI=1S/C22H23ClN8O4S/c1-13(16-11-27-18(23)12-26-16)14(2)36(32,33)30-22-29-28-20(15-6-5-8-24-10-15)31(22)19-17(34-3)7-9-25-21(19)35-4/h5-14H,1-4H3,(H,29,30)/t13-,14-/m0/s1. The van der Waals surface area contributed by atoms with Crippen LogP contribution in [0.1, 0.15) is 25.5 Å². The molecule has 2 atom stereocenters. The number of aromatic nitrogens is 7. The fraction of sp³-hybridized carbons (Fsp3) is 0.273. The molecule has 0 unspecified atom stereocenters. The van der Waals surface area contributed by atoms with E-state index >= 15 is 0 Å². The molecular weight excluding hydrogens is 508 g/mol. The van der Waals surface area contributed by atoms with Crippen molar-refractivity contribution in [3.05, 3.63) is 60.0 Å². The highest BCUT2D eigenvalue weighted by molar-refractivity contribution is 7.93. The van der Waals surface area contributed by atoms with Gasteiger partial charge in [0.25, 0.3) is 0 Å².